The van der Waals surface area contributed by atoms with E-state index < -0.39 is 17.7 Å². The lowest BCUT2D eigenvalue weighted by Gasteiger charge is -2.37. The van der Waals surface area contributed by atoms with E-state index in [0.29, 0.717) is 10.0 Å². The highest BCUT2D eigenvalue weighted by molar-refractivity contribution is 9.10. The fourth-order valence-corrected chi connectivity index (χ4v) is 2.83. The summed E-state index contributed by atoms with van der Waals surface area (Å²) < 4.78 is 42.2. The Balaban J connectivity index is 2.11. The smallest absolute Gasteiger partial charge is 0.310 e. The summed E-state index contributed by atoms with van der Waals surface area (Å²) >= 11 is 3.15. The Labute approximate surface area is 156 Å². The van der Waals surface area contributed by atoms with Crippen LogP contribution >= 0.6 is 15.9 Å². The summed E-state index contributed by atoms with van der Waals surface area (Å²) in [6.07, 6.45) is -4.85. The van der Waals surface area contributed by atoms with Crippen molar-refractivity contribution in [2.75, 3.05) is 5.32 Å². The molecule has 3 nitrogen and oxygen atoms in total. The SMILES string of the molecule is O=C1Nc2ccc(Br)cc2[C@@](C#CC#Cc2ccccc2)(C(F)(F)F)N1. The van der Waals surface area contributed by atoms with Gasteiger partial charge in [-0.25, -0.2) is 4.79 Å². The van der Waals surface area contributed by atoms with E-state index in [9.17, 15) is 18.0 Å². The van der Waals surface area contributed by atoms with Crippen molar-refractivity contribution in [3.8, 4) is 23.7 Å². The molecule has 1 heterocycles. The molecule has 1 atom stereocenters. The average Bonchev–Trinajstić information content (AvgIpc) is 2.59. The summed E-state index contributed by atoms with van der Waals surface area (Å²) in [6.45, 7) is 0. The highest BCUT2D eigenvalue weighted by Gasteiger charge is 2.59. The molecule has 0 radical (unpaired) electrons. The molecule has 2 aromatic carbocycles. The van der Waals surface area contributed by atoms with Crippen molar-refractivity contribution in [1.29, 1.82) is 0 Å². The Morgan fingerprint density at radius 3 is 2.46 bits per heavy atom. The fourth-order valence-electron chi connectivity index (χ4n) is 2.47. The number of carbonyl (C=O) groups is 1. The van der Waals surface area contributed by atoms with Gasteiger partial charge >= 0.3 is 12.2 Å². The summed E-state index contributed by atoms with van der Waals surface area (Å²) in [5, 5.41) is 4.27. The van der Waals surface area contributed by atoms with E-state index in [1.807, 2.05) is 5.32 Å². The van der Waals surface area contributed by atoms with Crippen LogP contribution in [0.5, 0.6) is 0 Å². The Hall–Kier alpha value is -2.90. The summed E-state index contributed by atoms with van der Waals surface area (Å²) in [6, 6.07) is 12.0. The first-order chi connectivity index (χ1) is 12.3. The molecule has 7 heteroatoms. The van der Waals surface area contributed by atoms with Gasteiger partial charge in [0.15, 0.2) is 0 Å². The molecule has 0 aromatic heterocycles. The van der Waals surface area contributed by atoms with Crippen LogP contribution in [-0.2, 0) is 5.54 Å². The Bertz CT molecular complexity index is 981. The molecule has 2 amide bonds. The van der Waals surface area contributed by atoms with Crippen molar-refractivity contribution in [1.82, 2.24) is 5.32 Å². The summed E-state index contributed by atoms with van der Waals surface area (Å²) in [5.41, 5.74) is -2.38. The molecule has 1 aliphatic heterocycles. The van der Waals surface area contributed by atoms with E-state index >= 15 is 0 Å². The van der Waals surface area contributed by atoms with Crippen molar-refractivity contribution < 1.29 is 18.0 Å². The first-order valence-electron chi connectivity index (χ1n) is 7.36. The van der Waals surface area contributed by atoms with Crippen LogP contribution in [-0.4, -0.2) is 12.2 Å². The fraction of sp³-hybridized carbons (Fsp3) is 0.105. The Morgan fingerprint density at radius 2 is 1.77 bits per heavy atom. The molecule has 0 bridgehead atoms. The highest BCUT2D eigenvalue weighted by Crippen LogP contribution is 2.44. The molecule has 0 spiro atoms. The lowest BCUT2D eigenvalue weighted by Crippen LogP contribution is -2.59. The van der Waals surface area contributed by atoms with E-state index in [0.717, 1.165) is 0 Å². The molecule has 0 fully saturated rings. The number of halogens is 4. The van der Waals surface area contributed by atoms with Gasteiger partial charge in [0.1, 0.15) is 0 Å². The van der Waals surface area contributed by atoms with E-state index in [1.54, 1.807) is 30.3 Å². The van der Waals surface area contributed by atoms with Gasteiger partial charge < -0.3 is 10.6 Å². The standard InChI is InChI=1S/C19H10BrF3N2O/c20-14-9-10-16-15(12-14)18(19(21,22)23,25-17(26)24-16)11-5-4-8-13-6-2-1-3-7-13/h1-3,6-7,9-10,12H,(H2,24,25,26)/t18-/m0/s1. The molecule has 2 N–H and O–H groups in total. The number of amides is 2. The molecule has 130 valence electrons. The van der Waals surface area contributed by atoms with Crippen molar-refractivity contribution in [2.24, 2.45) is 0 Å². The quantitative estimate of drug-likeness (QED) is 0.611. The molecule has 2 aromatic rings. The first kappa shape index (κ1) is 17.9. The first-order valence-corrected chi connectivity index (χ1v) is 8.15. The maximum absolute atomic E-state index is 13.9. The molecule has 3 rings (SSSR count). The predicted octanol–water partition coefficient (Wildman–Crippen LogP) is 4.40. The van der Waals surface area contributed by atoms with Gasteiger partial charge in [0, 0.05) is 21.3 Å². The van der Waals surface area contributed by atoms with Crippen LogP contribution in [0.1, 0.15) is 11.1 Å². The number of anilines is 1. The van der Waals surface area contributed by atoms with E-state index in [1.165, 1.54) is 18.2 Å². The van der Waals surface area contributed by atoms with Crippen LogP contribution in [0, 0.1) is 23.7 Å². The van der Waals surface area contributed by atoms with Crippen LogP contribution in [0.4, 0.5) is 23.7 Å². The van der Waals surface area contributed by atoms with Gasteiger partial charge in [-0.2, -0.15) is 13.2 Å². The minimum Gasteiger partial charge on any atom is -0.310 e. The van der Waals surface area contributed by atoms with E-state index in [-0.39, 0.29) is 11.3 Å². The second kappa shape index (κ2) is 6.78. The number of hydrogen-bond acceptors (Lipinski definition) is 1. The zero-order valence-electron chi connectivity index (χ0n) is 13.0. The third-order valence-corrected chi connectivity index (χ3v) is 4.15. The van der Waals surface area contributed by atoms with Crippen molar-refractivity contribution >= 4 is 27.6 Å². The van der Waals surface area contributed by atoms with Crippen molar-refractivity contribution in [3.05, 3.63) is 64.1 Å². The van der Waals surface area contributed by atoms with Crippen LogP contribution < -0.4 is 10.6 Å². The Morgan fingerprint density at radius 1 is 1.04 bits per heavy atom. The largest absolute Gasteiger partial charge is 0.427 e. The number of fused-ring (bicyclic) bond motifs is 1. The van der Waals surface area contributed by atoms with Gasteiger partial charge in [0.25, 0.3) is 0 Å². The number of benzene rings is 2. The number of urea groups is 1. The van der Waals surface area contributed by atoms with Crippen LogP contribution in [0.15, 0.2) is 53.0 Å². The molecular formula is C19H10BrF3N2O. The van der Waals surface area contributed by atoms with Gasteiger partial charge in [-0.3, -0.25) is 0 Å². The number of nitrogens with one attached hydrogen (secondary N) is 2. The van der Waals surface area contributed by atoms with Gasteiger partial charge in [0.05, 0.1) is 0 Å². The maximum atomic E-state index is 13.9. The highest BCUT2D eigenvalue weighted by atomic mass is 79.9. The zero-order chi connectivity index (χ0) is 18.8. The lowest BCUT2D eigenvalue weighted by molar-refractivity contribution is -0.178. The van der Waals surface area contributed by atoms with E-state index in [2.05, 4.69) is 44.9 Å². The van der Waals surface area contributed by atoms with Crippen LogP contribution in [0.2, 0.25) is 0 Å². The monoisotopic (exact) mass is 418 g/mol. The topological polar surface area (TPSA) is 41.1 Å². The third-order valence-electron chi connectivity index (χ3n) is 3.65. The molecule has 1 aliphatic rings. The predicted molar refractivity (Wildman–Crippen MR) is 95.1 cm³/mol. The van der Waals surface area contributed by atoms with Crippen molar-refractivity contribution in [3.63, 3.8) is 0 Å². The van der Waals surface area contributed by atoms with Gasteiger partial charge in [-0.05, 0) is 48.1 Å². The average molecular weight is 419 g/mol. The molecular weight excluding hydrogens is 409 g/mol. The molecule has 0 aliphatic carbocycles. The summed E-state index contributed by atoms with van der Waals surface area (Å²) in [5.74, 6) is 9.44. The maximum Gasteiger partial charge on any atom is 0.427 e. The number of rotatable bonds is 0. The lowest BCUT2D eigenvalue weighted by atomic mass is 9.86. The second-order valence-corrected chi connectivity index (χ2v) is 6.30. The van der Waals surface area contributed by atoms with Crippen molar-refractivity contribution in [2.45, 2.75) is 11.7 Å². The normalized spacial score (nSPS) is 18.2. The number of alkyl halides is 3. The minimum absolute atomic E-state index is 0.0413. The number of hydrogen-bond donors (Lipinski definition) is 2. The number of carbonyl (C=O) groups excluding carboxylic acids is 1. The molecule has 0 saturated heterocycles. The van der Waals surface area contributed by atoms with Crippen LogP contribution in [0.3, 0.4) is 0 Å². The molecule has 0 saturated carbocycles. The summed E-state index contributed by atoms with van der Waals surface area (Å²) in [4.78, 5) is 11.8. The van der Waals surface area contributed by atoms with Crippen LogP contribution in [0.25, 0.3) is 0 Å². The minimum atomic E-state index is -4.85. The zero-order valence-corrected chi connectivity index (χ0v) is 14.6. The van der Waals surface area contributed by atoms with Gasteiger partial charge in [0.2, 0.25) is 5.54 Å². The summed E-state index contributed by atoms with van der Waals surface area (Å²) in [7, 11) is 0. The van der Waals surface area contributed by atoms with Gasteiger partial charge in [-0.15, -0.1) is 0 Å². The van der Waals surface area contributed by atoms with Gasteiger partial charge in [-0.1, -0.05) is 40.0 Å². The third kappa shape index (κ3) is 3.40. The Kier molecular flexibility index (Phi) is 4.67. The van der Waals surface area contributed by atoms with E-state index in [4.69, 9.17) is 0 Å². The molecule has 26 heavy (non-hydrogen) atoms. The second-order valence-electron chi connectivity index (χ2n) is 5.38. The molecule has 0 unspecified atom stereocenters.